The molecular formula is C20H29F2N3O2. The van der Waals surface area contributed by atoms with Crippen LogP contribution in [0.5, 0.6) is 0 Å². The Labute approximate surface area is 159 Å². The number of carbonyl (C=O) groups is 2. The van der Waals surface area contributed by atoms with Crippen LogP contribution in [0, 0.1) is 17.6 Å². The topological polar surface area (TPSA) is 61.4 Å². The van der Waals surface area contributed by atoms with E-state index in [0.717, 1.165) is 44.1 Å². The molecule has 1 aromatic carbocycles. The second-order valence-electron chi connectivity index (χ2n) is 7.24. The predicted molar refractivity (Wildman–Crippen MR) is 100 cm³/mol. The van der Waals surface area contributed by atoms with E-state index < -0.39 is 17.5 Å². The Morgan fingerprint density at radius 2 is 1.96 bits per heavy atom. The first-order valence-electron chi connectivity index (χ1n) is 9.68. The van der Waals surface area contributed by atoms with Gasteiger partial charge in [-0.1, -0.05) is 6.92 Å². The van der Waals surface area contributed by atoms with Gasteiger partial charge in [-0.2, -0.15) is 0 Å². The molecule has 150 valence electrons. The summed E-state index contributed by atoms with van der Waals surface area (Å²) in [5.74, 6) is -1.52. The predicted octanol–water partition coefficient (Wildman–Crippen LogP) is 2.71. The largest absolute Gasteiger partial charge is 0.356 e. The third kappa shape index (κ3) is 7.62. The van der Waals surface area contributed by atoms with Gasteiger partial charge in [-0.05, 0) is 56.8 Å². The maximum atomic E-state index is 13.5. The quantitative estimate of drug-likeness (QED) is 0.647. The van der Waals surface area contributed by atoms with E-state index in [-0.39, 0.29) is 18.0 Å². The minimum absolute atomic E-state index is 0.0516. The van der Waals surface area contributed by atoms with E-state index in [1.807, 2.05) is 0 Å². The number of nitrogens with zero attached hydrogens (tertiary/aromatic N) is 1. The van der Waals surface area contributed by atoms with Crippen molar-refractivity contribution in [1.29, 1.82) is 0 Å². The highest BCUT2D eigenvalue weighted by Crippen LogP contribution is 2.15. The Balaban J connectivity index is 1.53. The average Bonchev–Trinajstić information content (AvgIpc) is 2.62. The maximum Gasteiger partial charge on any atom is 0.254 e. The molecule has 2 rings (SSSR count). The molecule has 1 fully saturated rings. The lowest BCUT2D eigenvalue weighted by molar-refractivity contribution is -0.121. The number of benzene rings is 1. The summed E-state index contributed by atoms with van der Waals surface area (Å²) in [6, 6.07) is 2.82. The average molecular weight is 381 g/mol. The van der Waals surface area contributed by atoms with Crippen LogP contribution in [0.1, 0.15) is 49.4 Å². The number of hydrogen-bond donors (Lipinski definition) is 2. The monoisotopic (exact) mass is 381 g/mol. The van der Waals surface area contributed by atoms with E-state index in [0.29, 0.717) is 25.5 Å². The summed E-state index contributed by atoms with van der Waals surface area (Å²) < 4.78 is 26.3. The van der Waals surface area contributed by atoms with Crippen LogP contribution in [-0.4, -0.2) is 49.4 Å². The van der Waals surface area contributed by atoms with Crippen molar-refractivity contribution in [2.24, 2.45) is 5.92 Å². The zero-order valence-electron chi connectivity index (χ0n) is 15.9. The second kappa shape index (κ2) is 11.0. The standard InChI is InChI=1S/C20H29F2N3O2/c1-15-5-3-11-25(14-15)12-4-10-23-19(26)6-2-9-24-20(27)17-8-7-16(21)13-18(17)22/h7-8,13,15H,2-6,9-12,14H2,1H3,(H,23,26)(H,24,27). The van der Waals surface area contributed by atoms with Crippen molar-refractivity contribution in [3.8, 4) is 0 Å². The SMILES string of the molecule is CC1CCCN(CCCNC(=O)CCCNC(=O)c2ccc(F)cc2F)C1. The van der Waals surface area contributed by atoms with Crippen LogP contribution >= 0.6 is 0 Å². The van der Waals surface area contributed by atoms with Crippen LogP contribution in [-0.2, 0) is 4.79 Å². The van der Waals surface area contributed by atoms with Crippen LogP contribution in [0.3, 0.4) is 0 Å². The number of amides is 2. The number of likely N-dealkylation sites (tertiary alicyclic amines) is 1. The number of nitrogens with one attached hydrogen (secondary N) is 2. The first kappa shape index (κ1) is 21.3. The van der Waals surface area contributed by atoms with E-state index in [9.17, 15) is 18.4 Å². The van der Waals surface area contributed by atoms with Crippen molar-refractivity contribution in [3.05, 3.63) is 35.4 Å². The Hall–Kier alpha value is -2.02. The van der Waals surface area contributed by atoms with Crippen molar-refractivity contribution >= 4 is 11.8 Å². The molecule has 1 aliphatic heterocycles. The minimum Gasteiger partial charge on any atom is -0.356 e. The molecule has 1 aliphatic rings. The summed E-state index contributed by atoms with van der Waals surface area (Å²) in [6.45, 7) is 6.47. The van der Waals surface area contributed by atoms with Gasteiger partial charge in [0.05, 0.1) is 5.56 Å². The molecule has 0 saturated carbocycles. The summed E-state index contributed by atoms with van der Waals surface area (Å²) in [5.41, 5.74) is -0.201. The van der Waals surface area contributed by atoms with Gasteiger partial charge in [0.2, 0.25) is 5.91 Å². The Kier molecular flexibility index (Phi) is 8.64. The van der Waals surface area contributed by atoms with Crippen LogP contribution in [0.25, 0.3) is 0 Å². The summed E-state index contributed by atoms with van der Waals surface area (Å²) in [4.78, 5) is 26.1. The normalized spacial score (nSPS) is 17.5. The van der Waals surface area contributed by atoms with E-state index in [2.05, 4.69) is 22.5 Å². The minimum atomic E-state index is -0.895. The van der Waals surface area contributed by atoms with Gasteiger partial charge in [0.15, 0.2) is 0 Å². The zero-order chi connectivity index (χ0) is 19.6. The van der Waals surface area contributed by atoms with Crippen molar-refractivity contribution in [3.63, 3.8) is 0 Å². The van der Waals surface area contributed by atoms with Crippen molar-refractivity contribution in [2.45, 2.75) is 39.0 Å². The van der Waals surface area contributed by atoms with Gasteiger partial charge in [0.1, 0.15) is 11.6 Å². The maximum absolute atomic E-state index is 13.5. The highest BCUT2D eigenvalue weighted by atomic mass is 19.1. The molecule has 2 amide bonds. The van der Waals surface area contributed by atoms with Crippen LogP contribution in [0.4, 0.5) is 8.78 Å². The number of carbonyl (C=O) groups excluding carboxylic acids is 2. The van der Waals surface area contributed by atoms with Crippen LogP contribution in [0.2, 0.25) is 0 Å². The molecular weight excluding hydrogens is 352 g/mol. The molecule has 27 heavy (non-hydrogen) atoms. The van der Waals surface area contributed by atoms with Crippen LogP contribution in [0.15, 0.2) is 18.2 Å². The molecule has 5 nitrogen and oxygen atoms in total. The number of halogens is 2. The molecule has 1 heterocycles. The molecule has 1 aromatic rings. The molecule has 0 radical (unpaired) electrons. The van der Waals surface area contributed by atoms with E-state index >= 15 is 0 Å². The fraction of sp³-hybridized carbons (Fsp3) is 0.600. The summed E-state index contributed by atoms with van der Waals surface area (Å²) >= 11 is 0. The molecule has 7 heteroatoms. The summed E-state index contributed by atoms with van der Waals surface area (Å²) in [5, 5.41) is 5.43. The van der Waals surface area contributed by atoms with E-state index in [1.54, 1.807) is 0 Å². The Bertz CT molecular complexity index is 640. The summed E-state index contributed by atoms with van der Waals surface area (Å²) in [7, 11) is 0. The molecule has 0 spiro atoms. The van der Waals surface area contributed by atoms with Gasteiger partial charge >= 0.3 is 0 Å². The summed E-state index contributed by atoms with van der Waals surface area (Å²) in [6.07, 6.45) is 4.24. The molecule has 1 unspecified atom stereocenters. The smallest absolute Gasteiger partial charge is 0.254 e. The molecule has 1 atom stereocenters. The first-order chi connectivity index (χ1) is 13.0. The van der Waals surface area contributed by atoms with Crippen molar-refractivity contribution in [1.82, 2.24) is 15.5 Å². The van der Waals surface area contributed by atoms with E-state index in [1.165, 1.54) is 12.8 Å². The number of hydrogen-bond acceptors (Lipinski definition) is 3. The third-order valence-electron chi connectivity index (χ3n) is 4.76. The van der Waals surface area contributed by atoms with Crippen molar-refractivity contribution in [2.75, 3.05) is 32.7 Å². The lowest BCUT2D eigenvalue weighted by Crippen LogP contribution is -2.36. The van der Waals surface area contributed by atoms with Crippen LogP contribution < -0.4 is 10.6 Å². The molecule has 0 bridgehead atoms. The molecule has 0 aliphatic carbocycles. The number of piperidine rings is 1. The zero-order valence-corrected chi connectivity index (χ0v) is 15.9. The highest BCUT2D eigenvalue weighted by molar-refractivity contribution is 5.94. The second-order valence-corrected chi connectivity index (χ2v) is 7.24. The van der Waals surface area contributed by atoms with Gasteiger partial charge in [-0.15, -0.1) is 0 Å². The van der Waals surface area contributed by atoms with E-state index in [4.69, 9.17) is 0 Å². The van der Waals surface area contributed by atoms with Crippen molar-refractivity contribution < 1.29 is 18.4 Å². The van der Waals surface area contributed by atoms with Gasteiger partial charge in [-0.3, -0.25) is 9.59 Å². The third-order valence-corrected chi connectivity index (χ3v) is 4.76. The van der Waals surface area contributed by atoms with Gasteiger partial charge in [0, 0.05) is 32.1 Å². The molecule has 0 aromatic heterocycles. The number of rotatable bonds is 9. The first-order valence-corrected chi connectivity index (χ1v) is 9.68. The molecule has 2 N–H and O–H groups in total. The Morgan fingerprint density at radius 3 is 2.70 bits per heavy atom. The highest BCUT2D eigenvalue weighted by Gasteiger charge is 2.15. The fourth-order valence-electron chi connectivity index (χ4n) is 3.33. The van der Waals surface area contributed by atoms with Gasteiger partial charge in [-0.25, -0.2) is 8.78 Å². The van der Waals surface area contributed by atoms with Gasteiger partial charge in [0.25, 0.3) is 5.91 Å². The lowest BCUT2D eigenvalue weighted by atomic mass is 10.0. The fourth-order valence-corrected chi connectivity index (χ4v) is 3.33. The Morgan fingerprint density at radius 1 is 1.19 bits per heavy atom. The molecule has 1 saturated heterocycles. The van der Waals surface area contributed by atoms with Gasteiger partial charge < -0.3 is 15.5 Å². The lowest BCUT2D eigenvalue weighted by Gasteiger charge is -2.30.